The Bertz CT molecular complexity index is 618. The normalized spacial score (nSPS) is 19.1. The van der Waals surface area contributed by atoms with Crippen molar-refractivity contribution in [3.05, 3.63) is 28.9 Å². The SMILES string of the molecule is NCC1(c2nc3cc(F)cc(Cl)c3o2)CCCCCC1. The van der Waals surface area contributed by atoms with E-state index in [-0.39, 0.29) is 10.4 Å². The van der Waals surface area contributed by atoms with E-state index in [4.69, 9.17) is 21.8 Å². The van der Waals surface area contributed by atoms with Crippen LogP contribution in [-0.4, -0.2) is 11.5 Å². The molecule has 0 aliphatic heterocycles. The van der Waals surface area contributed by atoms with Crippen LogP contribution in [0.4, 0.5) is 4.39 Å². The van der Waals surface area contributed by atoms with Crippen LogP contribution in [0.25, 0.3) is 11.1 Å². The molecule has 1 saturated carbocycles. The molecule has 1 aromatic carbocycles. The summed E-state index contributed by atoms with van der Waals surface area (Å²) in [5.41, 5.74) is 6.73. The number of aromatic nitrogens is 1. The molecule has 0 spiro atoms. The first-order valence-corrected chi connectivity index (χ1v) is 7.48. The molecule has 1 aliphatic carbocycles. The van der Waals surface area contributed by atoms with E-state index in [0.29, 0.717) is 23.5 Å². The fourth-order valence-corrected chi connectivity index (χ4v) is 3.34. The van der Waals surface area contributed by atoms with Gasteiger partial charge in [0, 0.05) is 12.6 Å². The molecule has 0 unspecified atom stereocenters. The van der Waals surface area contributed by atoms with Crippen molar-refractivity contribution < 1.29 is 8.81 Å². The first-order valence-electron chi connectivity index (χ1n) is 7.11. The van der Waals surface area contributed by atoms with Gasteiger partial charge in [0.25, 0.3) is 0 Å². The maximum absolute atomic E-state index is 13.4. The van der Waals surface area contributed by atoms with Gasteiger partial charge in [0.15, 0.2) is 5.58 Å². The molecular formula is C15H18ClFN2O. The summed E-state index contributed by atoms with van der Waals surface area (Å²) in [6.45, 7) is 0.500. The second kappa shape index (κ2) is 5.34. The summed E-state index contributed by atoms with van der Waals surface area (Å²) in [7, 11) is 0. The van der Waals surface area contributed by atoms with Crippen molar-refractivity contribution in [2.75, 3.05) is 6.54 Å². The maximum atomic E-state index is 13.4. The van der Waals surface area contributed by atoms with Gasteiger partial charge in [0.05, 0.1) is 10.4 Å². The van der Waals surface area contributed by atoms with Crippen molar-refractivity contribution in [2.24, 2.45) is 5.73 Å². The van der Waals surface area contributed by atoms with E-state index in [1.54, 1.807) is 0 Å². The minimum Gasteiger partial charge on any atom is -0.438 e. The Hall–Kier alpha value is -1.13. The third kappa shape index (κ3) is 2.31. The number of hydrogen-bond donors (Lipinski definition) is 1. The van der Waals surface area contributed by atoms with E-state index in [0.717, 1.165) is 25.7 Å². The summed E-state index contributed by atoms with van der Waals surface area (Å²) < 4.78 is 19.3. The maximum Gasteiger partial charge on any atom is 0.203 e. The van der Waals surface area contributed by atoms with Gasteiger partial charge in [-0.05, 0) is 18.9 Å². The number of nitrogens with two attached hydrogens (primary N) is 1. The highest BCUT2D eigenvalue weighted by Gasteiger charge is 2.36. The van der Waals surface area contributed by atoms with E-state index < -0.39 is 5.82 Å². The number of fused-ring (bicyclic) bond motifs is 1. The van der Waals surface area contributed by atoms with Gasteiger partial charge in [0.1, 0.15) is 11.3 Å². The van der Waals surface area contributed by atoms with E-state index in [9.17, 15) is 4.39 Å². The second-order valence-corrected chi connectivity index (χ2v) is 6.06. The van der Waals surface area contributed by atoms with Gasteiger partial charge in [-0.15, -0.1) is 0 Å². The molecule has 1 aromatic heterocycles. The van der Waals surface area contributed by atoms with Crippen LogP contribution in [-0.2, 0) is 5.41 Å². The van der Waals surface area contributed by atoms with E-state index >= 15 is 0 Å². The summed E-state index contributed by atoms with van der Waals surface area (Å²) in [6.07, 6.45) is 6.62. The molecule has 3 rings (SSSR count). The average molecular weight is 297 g/mol. The number of nitrogens with zero attached hydrogens (tertiary/aromatic N) is 1. The summed E-state index contributed by atoms with van der Waals surface area (Å²) >= 11 is 6.03. The fourth-order valence-electron chi connectivity index (χ4n) is 3.10. The highest BCUT2D eigenvalue weighted by atomic mass is 35.5. The van der Waals surface area contributed by atoms with Crippen LogP contribution in [0.15, 0.2) is 16.5 Å². The van der Waals surface area contributed by atoms with E-state index in [2.05, 4.69) is 4.98 Å². The number of benzene rings is 1. The number of hydrogen-bond acceptors (Lipinski definition) is 3. The third-order valence-electron chi connectivity index (χ3n) is 4.31. The van der Waals surface area contributed by atoms with Gasteiger partial charge >= 0.3 is 0 Å². The monoisotopic (exact) mass is 296 g/mol. The van der Waals surface area contributed by atoms with Crippen LogP contribution in [0.3, 0.4) is 0 Å². The zero-order chi connectivity index (χ0) is 14.2. The summed E-state index contributed by atoms with van der Waals surface area (Å²) in [4.78, 5) is 4.47. The molecule has 2 N–H and O–H groups in total. The highest BCUT2D eigenvalue weighted by Crippen LogP contribution is 2.39. The van der Waals surface area contributed by atoms with Crippen LogP contribution in [0.5, 0.6) is 0 Å². The van der Waals surface area contributed by atoms with Crippen molar-refractivity contribution in [1.82, 2.24) is 4.98 Å². The molecule has 1 heterocycles. The predicted molar refractivity (Wildman–Crippen MR) is 77.4 cm³/mol. The summed E-state index contributed by atoms with van der Waals surface area (Å²) in [6, 6.07) is 2.61. The van der Waals surface area contributed by atoms with Gasteiger partial charge in [-0.25, -0.2) is 9.37 Å². The van der Waals surface area contributed by atoms with Gasteiger partial charge in [-0.3, -0.25) is 0 Å². The zero-order valence-electron chi connectivity index (χ0n) is 11.3. The smallest absolute Gasteiger partial charge is 0.203 e. The molecule has 20 heavy (non-hydrogen) atoms. The number of rotatable bonds is 2. The molecule has 0 bridgehead atoms. The standard InChI is InChI=1S/C15H18ClFN2O/c16-11-7-10(17)8-12-13(11)20-14(19-12)15(9-18)5-3-1-2-4-6-15/h7-8H,1-6,9,18H2. The lowest BCUT2D eigenvalue weighted by molar-refractivity contribution is 0.300. The lowest BCUT2D eigenvalue weighted by Crippen LogP contribution is -2.35. The van der Waals surface area contributed by atoms with E-state index in [1.807, 2.05) is 0 Å². The second-order valence-electron chi connectivity index (χ2n) is 5.65. The van der Waals surface area contributed by atoms with Gasteiger partial charge < -0.3 is 10.2 Å². The van der Waals surface area contributed by atoms with Crippen molar-refractivity contribution in [3.8, 4) is 0 Å². The molecule has 0 radical (unpaired) electrons. The van der Waals surface area contributed by atoms with Gasteiger partial charge in [-0.1, -0.05) is 37.3 Å². The molecule has 1 fully saturated rings. The Morgan fingerprint density at radius 2 is 1.95 bits per heavy atom. The molecule has 0 atom stereocenters. The topological polar surface area (TPSA) is 52.0 Å². The molecule has 3 nitrogen and oxygen atoms in total. The van der Waals surface area contributed by atoms with Gasteiger partial charge in [-0.2, -0.15) is 0 Å². The summed E-state index contributed by atoms with van der Waals surface area (Å²) in [5.74, 6) is 0.217. The highest BCUT2D eigenvalue weighted by molar-refractivity contribution is 6.34. The fraction of sp³-hybridized carbons (Fsp3) is 0.533. The molecular weight excluding hydrogens is 279 g/mol. The van der Waals surface area contributed by atoms with Crippen LogP contribution >= 0.6 is 11.6 Å². The Kier molecular flexibility index (Phi) is 3.69. The predicted octanol–water partition coefficient (Wildman–Crippen LogP) is 4.17. The minimum atomic E-state index is -0.398. The van der Waals surface area contributed by atoms with Crippen LogP contribution in [0, 0.1) is 5.82 Å². The molecule has 108 valence electrons. The first-order chi connectivity index (χ1) is 9.64. The zero-order valence-corrected chi connectivity index (χ0v) is 12.0. The summed E-state index contributed by atoms with van der Waals surface area (Å²) in [5, 5.41) is 0.263. The first kappa shape index (κ1) is 13.8. The van der Waals surface area contributed by atoms with Crippen LogP contribution in [0.2, 0.25) is 5.02 Å². The van der Waals surface area contributed by atoms with Crippen molar-refractivity contribution >= 4 is 22.7 Å². The Morgan fingerprint density at radius 1 is 1.25 bits per heavy atom. The average Bonchev–Trinajstić information content (AvgIpc) is 2.71. The molecule has 5 heteroatoms. The number of oxazole rings is 1. The number of halogens is 2. The third-order valence-corrected chi connectivity index (χ3v) is 4.60. The van der Waals surface area contributed by atoms with Crippen LogP contribution in [0.1, 0.15) is 44.4 Å². The van der Waals surface area contributed by atoms with Crippen LogP contribution < -0.4 is 5.73 Å². The van der Waals surface area contributed by atoms with Crippen molar-refractivity contribution in [3.63, 3.8) is 0 Å². The lowest BCUT2D eigenvalue weighted by Gasteiger charge is -2.27. The Morgan fingerprint density at radius 3 is 2.60 bits per heavy atom. The largest absolute Gasteiger partial charge is 0.438 e. The molecule has 0 amide bonds. The molecule has 1 aliphatic rings. The minimum absolute atomic E-state index is 0.227. The lowest BCUT2D eigenvalue weighted by atomic mass is 9.80. The molecule has 0 saturated heterocycles. The van der Waals surface area contributed by atoms with Gasteiger partial charge in [0.2, 0.25) is 5.89 Å². The molecule has 2 aromatic rings. The van der Waals surface area contributed by atoms with E-state index in [1.165, 1.54) is 25.0 Å². The Balaban J connectivity index is 2.09. The van der Waals surface area contributed by atoms with Crippen molar-refractivity contribution in [2.45, 2.75) is 43.9 Å². The Labute approximate surface area is 122 Å². The quantitative estimate of drug-likeness (QED) is 0.846. The van der Waals surface area contributed by atoms with Crippen molar-refractivity contribution in [1.29, 1.82) is 0 Å².